The SMILES string of the molecule is COc1cc(CO[Si](C)(C)C(C)(C)C)cc(C/C=C(\C)CC[C@@H](O)C(C)(C)O)c1O[Si](C)(C)C(C)(C)C. The van der Waals surface area contributed by atoms with Crippen molar-refractivity contribution in [3.05, 3.63) is 34.9 Å². The van der Waals surface area contributed by atoms with Gasteiger partial charge in [-0.15, -0.1) is 0 Å². The van der Waals surface area contributed by atoms with Crippen molar-refractivity contribution in [1.29, 1.82) is 0 Å². The maximum absolute atomic E-state index is 10.2. The van der Waals surface area contributed by atoms with Gasteiger partial charge in [0.25, 0.3) is 8.32 Å². The molecule has 1 rings (SSSR count). The van der Waals surface area contributed by atoms with Crippen LogP contribution in [0.15, 0.2) is 23.8 Å². The number of hydrogen-bond donors (Lipinski definition) is 2. The third-order valence-electron chi connectivity index (χ3n) is 8.28. The van der Waals surface area contributed by atoms with Gasteiger partial charge in [-0.3, -0.25) is 0 Å². The molecule has 0 heterocycles. The van der Waals surface area contributed by atoms with Gasteiger partial charge in [0.05, 0.1) is 25.4 Å². The summed E-state index contributed by atoms with van der Waals surface area (Å²) in [7, 11) is -2.31. The zero-order valence-corrected chi connectivity index (χ0v) is 28.3. The van der Waals surface area contributed by atoms with E-state index in [1.165, 1.54) is 5.57 Å². The fraction of sp³-hybridized carbons (Fsp3) is 0.733. The van der Waals surface area contributed by atoms with E-state index in [2.05, 4.69) is 92.9 Å². The number of allylic oxidation sites excluding steroid dienone is 2. The Balaban J connectivity index is 3.38. The standard InChI is InChI=1S/C30H56O5Si2/c1-22(16-18-26(31)30(8,9)32)15-17-24-19-23(21-34-36(11,12)28(2,3)4)20-25(33-10)27(24)35-37(13,14)29(5,6)7/h15,19-20,26,31-32H,16-18,21H2,1-14H3/b22-15+/t26-/m1/s1. The normalized spacial score (nSPS) is 15.1. The summed E-state index contributed by atoms with van der Waals surface area (Å²) in [4.78, 5) is 0. The summed E-state index contributed by atoms with van der Waals surface area (Å²) in [5.74, 6) is 1.57. The Morgan fingerprint density at radius 1 is 0.946 bits per heavy atom. The van der Waals surface area contributed by atoms with Crippen molar-refractivity contribution in [2.24, 2.45) is 0 Å². The summed E-state index contributed by atoms with van der Waals surface area (Å²) >= 11 is 0. The maximum Gasteiger partial charge on any atom is 0.250 e. The summed E-state index contributed by atoms with van der Waals surface area (Å²) in [6, 6.07) is 4.27. The van der Waals surface area contributed by atoms with E-state index in [1.54, 1.807) is 21.0 Å². The number of benzene rings is 1. The highest BCUT2D eigenvalue weighted by Crippen LogP contribution is 2.43. The minimum absolute atomic E-state index is 0.0540. The van der Waals surface area contributed by atoms with Crippen molar-refractivity contribution >= 4 is 16.6 Å². The molecule has 0 spiro atoms. The molecular formula is C30H56O5Si2. The number of aliphatic hydroxyl groups is 2. The summed E-state index contributed by atoms with van der Waals surface area (Å²) in [5.41, 5.74) is 2.24. The lowest BCUT2D eigenvalue weighted by atomic mass is 9.95. The van der Waals surface area contributed by atoms with Crippen LogP contribution in [-0.2, 0) is 17.5 Å². The van der Waals surface area contributed by atoms with Crippen LogP contribution in [0.1, 0.15) is 86.3 Å². The van der Waals surface area contributed by atoms with E-state index in [9.17, 15) is 10.2 Å². The van der Waals surface area contributed by atoms with Crippen molar-refractivity contribution in [2.45, 2.75) is 136 Å². The third kappa shape index (κ3) is 9.84. The first-order valence-electron chi connectivity index (χ1n) is 13.6. The molecule has 1 aromatic carbocycles. The highest BCUT2D eigenvalue weighted by Gasteiger charge is 2.40. The average molecular weight is 553 g/mol. The zero-order chi connectivity index (χ0) is 29.0. The van der Waals surface area contributed by atoms with Gasteiger partial charge in [0, 0.05) is 5.56 Å². The smallest absolute Gasteiger partial charge is 0.250 e. The zero-order valence-electron chi connectivity index (χ0n) is 26.3. The van der Waals surface area contributed by atoms with E-state index in [0.29, 0.717) is 19.4 Å². The number of hydrogen-bond acceptors (Lipinski definition) is 5. The lowest BCUT2D eigenvalue weighted by molar-refractivity contribution is -0.0509. The Kier molecular flexibility index (Phi) is 11.3. The minimum atomic E-state index is -2.11. The summed E-state index contributed by atoms with van der Waals surface area (Å²) < 4.78 is 19.2. The molecule has 0 radical (unpaired) electrons. The monoisotopic (exact) mass is 552 g/mol. The summed E-state index contributed by atoms with van der Waals surface area (Å²) in [6.45, 7) is 28.4. The molecule has 0 saturated carbocycles. The van der Waals surface area contributed by atoms with Crippen LogP contribution in [0.4, 0.5) is 0 Å². The van der Waals surface area contributed by atoms with Gasteiger partial charge in [-0.1, -0.05) is 53.2 Å². The highest BCUT2D eigenvalue weighted by atomic mass is 28.4. The molecule has 2 N–H and O–H groups in total. The molecule has 0 amide bonds. The molecule has 0 aliphatic heterocycles. The van der Waals surface area contributed by atoms with Gasteiger partial charge >= 0.3 is 0 Å². The summed E-state index contributed by atoms with van der Waals surface area (Å²) in [6.07, 6.45) is 3.36. The molecule has 0 bridgehead atoms. The van der Waals surface area contributed by atoms with Crippen molar-refractivity contribution in [2.75, 3.05) is 7.11 Å². The molecule has 1 atom stereocenters. The predicted molar refractivity (Wildman–Crippen MR) is 162 cm³/mol. The second kappa shape index (κ2) is 12.4. The summed E-state index contributed by atoms with van der Waals surface area (Å²) in [5, 5.41) is 20.5. The van der Waals surface area contributed by atoms with Crippen molar-refractivity contribution in [3.63, 3.8) is 0 Å². The quantitative estimate of drug-likeness (QED) is 0.203. The molecule has 0 aromatic heterocycles. The second-order valence-electron chi connectivity index (χ2n) is 14.2. The third-order valence-corrected chi connectivity index (χ3v) is 17.1. The lowest BCUT2D eigenvalue weighted by Crippen LogP contribution is -2.44. The molecule has 5 nitrogen and oxygen atoms in total. The molecule has 0 aliphatic carbocycles. The molecule has 37 heavy (non-hydrogen) atoms. The van der Waals surface area contributed by atoms with Crippen LogP contribution in [0.5, 0.6) is 11.5 Å². The van der Waals surface area contributed by atoms with E-state index >= 15 is 0 Å². The highest BCUT2D eigenvalue weighted by molar-refractivity contribution is 6.75. The van der Waals surface area contributed by atoms with Crippen LogP contribution in [0.2, 0.25) is 36.3 Å². The first kappa shape index (κ1) is 33.9. The number of ether oxygens (including phenoxy) is 1. The van der Waals surface area contributed by atoms with E-state index in [4.69, 9.17) is 13.6 Å². The van der Waals surface area contributed by atoms with Crippen LogP contribution >= 0.6 is 0 Å². The number of aliphatic hydroxyl groups excluding tert-OH is 1. The molecule has 0 unspecified atom stereocenters. The van der Waals surface area contributed by atoms with E-state index in [-0.39, 0.29) is 10.1 Å². The number of rotatable bonds is 12. The van der Waals surface area contributed by atoms with Gasteiger partial charge < -0.3 is 23.8 Å². The van der Waals surface area contributed by atoms with Crippen molar-refractivity contribution < 1.29 is 23.8 Å². The van der Waals surface area contributed by atoms with Gasteiger partial charge in [-0.25, -0.2) is 0 Å². The Bertz CT molecular complexity index is 916. The van der Waals surface area contributed by atoms with Gasteiger partial charge in [-0.05, 0) is 94.0 Å². The van der Waals surface area contributed by atoms with Crippen molar-refractivity contribution in [3.8, 4) is 11.5 Å². The topological polar surface area (TPSA) is 68.2 Å². The fourth-order valence-corrected chi connectivity index (χ4v) is 5.23. The van der Waals surface area contributed by atoms with Crippen LogP contribution in [0, 0.1) is 0 Å². The fourth-order valence-electron chi connectivity index (χ4n) is 3.22. The molecule has 214 valence electrons. The Morgan fingerprint density at radius 2 is 1.49 bits per heavy atom. The first-order chi connectivity index (χ1) is 16.5. The number of methoxy groups -OCH3 is 1. The Morgan fingerprint density at radius 3 is 1.95 bits per heavy atom. The van der Waals surface area contributed by atoms with Crippen LogP contribution in [-0.4, -0.2) is 45.7 Å². The first-order valence-corrected chi connectivity index (χ1v) is 19.4. The van der Waals surface area contributed by atoms with Gasteiger partial charge in [0.2, 0.25) is 0 Å². The van der Waals surface area contributed by atoms with E-state index in [0.717, 1.165) is 29.0 Å². The van der Waals surface area contributed by atoms with E-state index in [1.807, 2.05) is 0 Å². The molecule has 0 aliphatic rings. The largest absolute Gasteiger partial charge is 0.541 e. The van der Waals surface area contributed by atoms with Crippen LogP contribution in [0.25, 0.3) is 0 Å². The van der Waals surface area contributed by atoms with Gasteiger partial charge in [0.15, 0.2) is 14.1 Å². The van der Waals surface area contributed by atoms with Gasteiger partial charge in [-0.2, -0.15) is 0 Å². The predicted octanol–water partition coefficient (Wildman–Crippen LogP) is 8.00. The Hall–Kier alpha value is -1.13. The van der Waals surface area contributed by atoms with E-state index < -0.39 is 28.3 Å². The molecule has 0 fully saturated rings. The van der Waals surface area contributed by atoms with Crippen LogP contribution < -0.4 is 9.16 Å². The maximum atomic E-state index is 10.2. The molecule has 0 saturated heterocycles. The van der Waals surface area contributed by atoms with Gasteiger partial charge in [0.1, 0.15) is 5.75 Å². The Labute approximate surface area is 229 Å². The molecule has 7 heteroatoms. The minimum Gasteiger partial charge on any atom is -0.541 e. The second-order valence-corrected chi connectivity index (χ2v) is 23.7. The lowest BCUT2D eigenvalue weighted by Gasteiger charge is -2.38. The molecule has 1 aromatic rings. The molecular weight excluding hydrogens is 496 g/mol. The van der Waals surface area contributed by atoms with Crippen LogP contribution in [0.3, 0.4) is 0 Å². The van der Waals surface area contributed by atoms with Crippen molar-refractivity contribution in [1.82, 2.24) is 0 Å². The average Bonchev–Trinajstić information content (AvgIpc) is 2.72.